The fourth-order valence-electron chi connectivity index (χ4n) is 2.23. The Labute approximate surface area is 121 Å². The molecule has 0 spiro atoms. The maximum absolute atomic E-state index is 12.5. The predicted octanol–water partition coefficient (Wildman–Crippen LogP) is 2.83. The molecule has 0 bridgehead atoms. The molecule has 0 atom stereocenters. The third kappa shape index (κ3) is 3.07. The number of halogens is 1. The molecule has 0 radical (unpaired) electrons. The first-order chi connectivity index (χ1) is 9.15. The molecule has 1 fully saturated rings. The molecule has 4 nitrogen and oxygen atoms in total. The smallest absolute Gasteiger partial charge is 0.257 e. The third-order valence-electron chi connectivity index (χ3n) is 3.36. The van der Waals surface area contributed by atoms with E-state index < -0.39 is 0 Å². The number of nitriles is 1. The number of piperidine rings is 1. The SMILES string of the molecule is COc1ccc(Br)cc1C(=O)N1CCC(C#N)CC1. The van der Waals surface area contributed by atoms with Gasteiger partial charge in [-0.2, -0.15) is 5.26 Å². The van der Waals surface area contributed by atoms with Crippen LogP contribution < -0.4 is 4.74 Å². The van der Waals surface area contributed by atoms with E-state index in [1.165, 1.54) is 0 Å². The van der Waals surface area contributed by atoms with E-state index in [2.05, 4.69) is 22.0 Å². The number of benzene rings is 1. The fraction of sp³-hybridized carbons (Fsp3) is 0.429. The van der Waals surface area contributed by atoms with E-state index in [4.69, 9.17) is 10.00 Å². The lowest BCUT2D eigenvalue weighted by molar-refractivity contribution is 0.0704. The van der Waals surface area contributed by atoms with Gasteiger partial charge in [-0.1, -0.05) is 15.9 Å². The van der Waals surface area contributed by atoms with Crippen molar-refractivity contribution in [2.45, 2.75) is 12.8 Å². The van der Waals surface area contributed by atoms with E-state index in [0.29, 0.717) is 24.4 Å². The molecule has 1 aliphatic rings. The summed E-state index contributed by atoms with van der Waals surface area (Å²) in [5.41, 5.74) is 0.562. The first kappa shape index (κ1) is 13.9. The van der Waals surface area contributed by atoms with E-state index in [1.807, 2.05) is 6.07 Å². The minimum absolute atomic E-state index is 0.0328. The van der Waals surface area contributed by atoms with Crippen LogP contribution in [0.2, 0.25) is 0 Å². The topological polar surface area (TPSA) is 53.3 Å². The van der Waals surface area contributed by atoms with E-state index >= 15 is 0 Å². The molecule has 1 heterocycles. The van der Waals surface area contributed by atoms with Crippen LogP contribution in [0.15, 0.2) is 22.7 Å². The van der Waals surface area contributed by atoms with Gasteiger partial charge in [-0.3, -0.25) is 4.79 Å². The average Bonchev–Trinajstić information content (AvgIpc) is 2.46. The maximum Gasteiger partial charge on any atom is 0.257 e. The Bertz CT molecular complexity index is 517. The molecular formula is C14H15BrN2O2. The number of likely N-dealkylation sites (tertiary alicyclic amines) is 1. The summed E-state index contributed by atoms with van der Waals surface area (Å²) in [6.45, 7) is 1.26. The van der Waals surface area contributed by atoms with Gasteiger partial charge in [-0.15, -0.1) is 0 Å². The van der Waals surface area contributed by atoms with Crippen LogP contribution >= 0.6 is 15.9 Å². The van der Waals surface area contributed by atoms with E-state index in [9.17, 15) is 4.79 Å². The third-order valence-corrected chi connectivity index (χ3v) is 3.85. The molecule has 5 heteroatoms. The standard InChI is InChI=1S/C14H15BrN2O2/c1-19-13-3-2-11(15)8-12(13)14(18)17-6-4-10(9-16)5-7-17/h2-3,8,10H,4-7H2,1H3. The van der Waals surface area contributed by atoms with Gasteiger partial charge in [0.25, 0.3) is 5.91 Å². The Hall–Kier alpha value is -1.54. The number of hydrogen-bond acceptors (Lipinski definition) is 3. The second-order valence-electron chi connectivity index (χ2n) is 4.54. The lowest BCUT2D eigenvalue weighted by Gasteiger charge is -2.29. The molecule has 100 valence electrons. The van der Waals surface area contributed by atoms with Crippen LogP contribution in [0.5, 0.6) is 5.75 Å². The van der Waals surface area contributed by atoms with Gasteiger partial charge >= 0.3 is 0 Å². The molecule has 0 aromatic heterocycles. The van der Waals surface area contributed by atoms with Gasteiger partial charge in [-0.05, 0) is 31.0 Å². The van der Waals surface area contributed by atoms with Crippen molar-refractivity contribution in [3.8, 4) is 11.8 Å². The summed E-state index contributed by atoms with van der Waals surface area (Å²) in [5, 5.41) is 8.87. The van der Waals surface area contributed by atoms with Crippen LogP contribution in [0.1, 0.15) is 23.2 Å². The van der Waals surface area contributed by atoms with E-state index in [1.54, 1.807) is 24.1 Å². The summed E-state index contributed by atoms with van der Waals surface area (Å²) >= 11 is 3.37. The Morgan fingerprint density at radius 1 is 1.47 bits per heavy atom. The quantitative estimate of drug-likeness (QED) is 0.841. The molecule has 0 saturated carbocycles. The van der Waals surface area contributed by atoms with Gasteiger partial charge in [0.1, 0.15) is 5.75 Å². The first-order valence-corrected chi connectivity index (χ1v) is 6.97. The number of ether oxygens (including phenoxy) is 1. The second-order valence-corrected chi connectivity index (χ2v) is 5.46. The highest BCUT2D eigenvalue weighted by Crippen LogP contribution is 2.26. The van der Waals surface area contributed by atoms with Gasteiger partial charge in [0.2, 0.25) is 0 Å². The van der Waals surface area contributed by atoms with Crippen LogP contribution in [-0.4, -0.2) is 31.0 Å². The van der Waals surface area contributed by atoms with Crippen molar-refractivity contribution >= 4 is 21.8 Å². The van der Waals surface area contributed by atoms with Gasteiger partial charge in [0.15, 0.2) is 0 Å². The first-order valence-electron chi connectivity index (χ1n) is 6.18. The molecular weight excluding hydrogens is 308 g/mol. The summed E-state index contributed by atoms with van der Waals surface area (Å²) in [7, 11) is 1.56. The summed E-state index contributed by atoms with van der Waals surface area (Å²) in [4.78, 5) is 14.3. The van der Waals surface area contributed by atoms with Crippen LogP contribution in [-0.2, 0) is 0 Å². The van der Waals surface area contributed by atoms with Crippen molar-refractivity contribution in [3.63, 3.8) is 0 Å². The number of carbonyl (C=O) groups is 1. The molecule has 1 aromatic carbocycles. The Morgan fingerprint density at radius 2 is 2.16 bits per heavy atom. The summed E-state index contributed by atoms with van der Waals surface area (Å²) in [5.74, 6) is 0.624. The number of hydrogen-bond donors (Lipinski definition) is 0. The average molecular weight is 323 g/mol. The molecule has 1 aliphatic heterocycles. The number of carbonyl (C=O) groups excluding carboxylic acids is 1. The minimum atomic E-state index is -0.0328. The molecule has 0 N–H and O–H groups in total. The Morgan fingerprint density at radius 3 is 2.74 bits per heavy atom. The Kier molecular flexibility index (Phi) is 4.43. The molecule has 1 amide bonds. The molecule has 2 rings (SSSR count). The summed E-state index contributed by atoms with van der Waals surface area (Å²) in [6.07, 6.45) is 1.50. The highest BCUT2D eigenvalue weighted by molar-refractivity contribution is 9.10. The van der Waals surface area contributed by atoms with Crippen molar-refractivity contribution in [1.82, 2.24) is 4.90 Å². The zero-order valence-electron chi connectivity index (χ0n) is 10.7. The number of amides is 1. The summed E-state index contributed by atoms with van der Waals surface area (Å²) in [6, 6.07) is 7.66. The van der Waals surface area contributed by atoms with Crippen molar-refractivity contribution in [1.29, 1.82) is 5.26 Å². The van der Waals surface area contributed by atoms with Crippen molar-refractivity contribution < 1.29 is 9.53 Å². The molecule has 1 aromatic rings. The van der Waals surface area contributed by atoms with Gasteiger partial charge in [-0.25, -0.2) is 0 Å². The minimum Gasteiger partial charge on any atom is -0.496 e. The molecule has 0 aliphatic carbocycles. The zero-order valence-corrected chi connectivity index (χ0v) is 12.3. The van der Waals surface area contributed by atoms with E-state index in [-0.39, 0.29) is 11.8 Å². The number of nitrogens with zero attached hydrogens (tertiary/aromatic N) is 2. The normalized spacial score (nSPS) is 15.9. The highest BCUT2D eigenvalue weighted by atomic mass is 79.9. The molecule has 0 unspecified atom stereocenters. The lowest BCUT2D eigenvalue weighted by atomic mass is 9.98. The second kappa shape index (κ2) is 6.07. The lowest BCUT2D eigenvalue weighted by Crippen LogP contribution is -2.38. The van der Waals surface area contributed by atoms with Crippen molar-refractivity contribution in [3.05, 3.63) is 28.2 Å². The van der Waals surface area contributed by atoms with E-state index in [0.717, 1.165) is 17.3 Å². The van der Waals surface area contributed by atoms with Crippen LogP contribution in [0.4, 0.5) is 0 Å². The molecule has 19 heavy (non-hydrogen) atoms. The van der Waals surface area contributed by atoms with Crippen molar-refractivity contribution in [2.24, 2.45) is 5.92 Å². The van der Waals surface area contributed by atoms with Gasteiger partial charge in [0, 0.05) is 23.5 Å². The highest BCUT2D eigenvalue weighted by Gasteiger charge is 2.25. The monoisotopic (exact) mass is 322 g/mol. The predicted molar refractivity (Wildman–Crippen MR) is 74.9 cm³/mol. The van der Waals surface area contributed by atoms with Gasteiger partial charge < -0.3 is 9.64 Å². The number of rotatable bonds is 2. The number of methoxy groups -OCH3 is 1. The van der Waals surface area contributed by atoms with Crippen LogP contribution in [0, 0.1) is 17.2 Å². The Balaban J connectivity index is 2.16. The molecule has 1 saturated heterocycles. The maximum atomic E-state index is 12.5. The summed E-state index contributed by atoms with van der Waals surface area (Å²) < 4.78 is 6.08. The fourth-order valence-corrected chi connectivity index (χ4v) is 2.59. The van der Waals surface area contributed by atoms with Crippen molar-refractivity contribution in [2.75, 3.05) is 20.2 Å². The van der Waals surface area contributed by atoms with Crippen LogP contribution in [0.3, 0.4) is 0 Å². The zero-order chi connectivity index (χ0) is 13.8. The van der Waals surface area contributed by atoms with Gasteiger partial charge in [0.05, 0.1) is 18.7 Å². The largest absolute Gasteiger partial charge is 0.496 e. The van der Waals surface area contributed by atoms with Crippen LogP contribution in [0.25, 0.3) is 0 Å².